The summed E-state index contributed by atoms with van der Waals surface area (Å²) in [5.74, 6) is 1.61. The topological polar surface area (TPSA) is 65.0 Å². The van der Waals surface area contributed by atoms with Crippen LogP contribution < -0.4 is 5.32 Å². The van der Waals surface area contributed by atoms with Gasteiger partial charge in [0.2, 0.25) is 10.0 Å². The molecule has 0 unspecified atom stereocenters. The van der Waals surface area contributed by atoms with Crippen molar-refractivity contribution in [2.24, 2.45) is 10.9 Å². The Labute approximate surface area is 186 Å². The molecule has 0 saturated carbocycles. The van der Waals surface area contributed by atoms with Gasteiger partial charge in [0.1, 0.15) is 0 Å². The third-order valence-electron chi connectivity index (χ3n) is 5.64. The van der Waals surface area contributed by atoms with Gasteiger partial charge >= 0.3 is 0 Å². The van der Waals surface area contributed by atoms with E-state index in [1.54, 1.807) is 23.5 Å². The molecule has 3 rings (SSSR count). The van der Waals surface area contributed by atoms with Gasteiger partial charge in [-0.25, -0.2) is 8.42 Å². The Bertz CT molecular complexity index is 755. The molecule has 1 N–H and O–H groups in total. The Hall–Kier alpha value is -0.870. The molecular weight excluding hydrogens is 487 g/mol. The Morgan fingerprint density at radius 2 is 1.75 bits per heavy atom. The molecule has 0 atom stereocenters. The van der Waals surface area contributed by atoms with Gasteiger partial charge in [0.25, 0.3) is 0 Å². The summed E-state index contributed by atoms with van der Waals surface area (Å²) in [4.78, 5) is 7.09. The zero-order valence-corrected chi connectivity index (χ0v) is 20.1. The van der Waals surface area contributed by atoms with Gasteiger partial charge in [0.05, 0.1) is 4.90 Å². The number of hydrogen-bond acceptors (Lipinski definition) is 3. The van der Waals surface area contributed by atoms with E-state index in [0.29, 0.717) is 24.5 Å². The summed E-state index contributed by atoms with van der Waals surface area (Å²) < 4.78 is 27.9. The Morgan fingerprint density at radius 1 is 1.11 bits per heavy atom. The van der Waals surface area contributed by atoms with E-state index in [2.05, 4.69) is 22.1 Å². The number of rotatable bonds is 4. The molecular formula is C20H33IN4O2S. The molecule has 1 aromatic rings. The van der Waals surface area contributed by atoms with E-state index in [4.69, 9.17) is 0 Å². The summed E-state index contributed by atoms with van der Waals surface area (Å²) in [5.41, 5.74) is 0.801. The zero-order chi connectivity index (χ0) is 19.3. The van der Waals surface area contributed by atoms with Gasteiger partial charge in [-0.3, -0.25) is 4.99 Å². The van der Waals surface area contributed by atoms with Crippen LogP contribution in [0, 0.1) is 5.92 Å². The van der Waals surface area contributed by atoms with Crippen molar-refractivity contribution in [1.29, 1.82) is 0 Å². The molecule has 2 aliphatic rings. The van der Waals surface area contributed by atoms with Gasteiger partial charge in [-0.2, -0.15) is 4.31 Å². The molecule has 0 radical (unpaired) electrons. The third-order valence-corrected chi connectivity index (χ3v) is 7.64. The first-order valence-corrected chi connectivity index (χ1v) is 11.5. The van der Waals surface area contributed by atoms with Gasteiger partial charge in [-0.05, 0) is 43.2 Å². The molecule has 2 fully saturated rings. The summed E-state index contributed by atoms with van der Waals surface area (Å²) in [6.07, 6.45) is 5.33. The van der Waals surface area contributed by atoms with Gasteiger partial charge in [-0.15, -0.1) is 24.0 Å². The largest absolute Gasteiger partial charge is 0.352 e. The van der Waals surface area contributed by atoms with Crippen molar-refractivity contribution in [3.63, 3.8) is 0 Å². The van der Waals surface area contributed by atoms with E-state index < -0.39 is 10.0 Å². The second kappa shape index (κ2) is 10.8. The highest BCUT2D eigenvalue weighted by molar-refractivity contribution is 14.0. The second-order valence-corrected chi connectivity index (χ2v) is 9.55. The molecule has 6 nitrogen and oxygen atoms in total. The van der Waals surface area contributed by atoms with E-state index in [1.165, 1.54) is 12.8 Å². The number of nitrogens with one attached hydrogen (secondary N) is 1. The molecule has 2 heterocycles. The van der Waals surface area contributed by atoms with Crippen LogP contribution in [0.15, 0.2) is 34.2 Å². The van der Waals surface area contributed by atoms with Crippen molar-refractivity contribution in [3.05, 3.63) is 29.8 Å². The van der Waals surface area contributed by atoms with Crippen LogP contribution >= 0.6 is 24.0 Å². The molecule has 0 amide bonds. The van der Waals surface area contributed by atoms with Crippen LogP contribution in [-0.2, 0) is 16.6 Å². The molecule has 8 heteroatoms. The quantitative estimate of drug-likeness (QED) is 0.376. The smallest absolute Gasteiger partial charge is 0.243 e. The number of hydrogen-bond donors (Lipinski definition) is 1. The minimum absolute atomic E-state index is 0. The summed E-state index contributed by atoms with van der Waals surface area (Å²) in [7, 11) is -1.65. The molecule has 158 valence electrons. The third kappa shape index (κ3) is 5.60. The molecule has 1 aromatic carbocycles. The highest BCUT2D eigenvalue weighted by Gasteiger charge is 2.28. The van der Waals surface area contributed by atoms with Crippen molar-refractivity contribution in [2.75, 3.05) is 33.2 Å². The van der Waals surface area contributed by atoms with Crippen molar-refractivity contribution in [2.45, 2.75) is 50.5 Å². The van der Waals surface area contributed by atoms with Crippen LogP contribution in [0.4, 0.5) is 0 Å². The number of benzene rings is 1. The molecule has 28 heavy (non-hydrogen) atoms. The Kier molecular flexibility index (Phi) is 9.01. The van der Waals surface area contributed by atoms with E-state index >= 15 is 0 Å². The van der Waals surface area contributed by atoms with E-state index in [1.807, 2.05) is 12.1 Å². The lowest BCUT2D eigenvalue weighted by atomic mass is 10.00. The molecule has 0 spiro atoms. The number of sulfonamides is 1. The van der Waals surface area contributed by atoms with Gasteiger partial charge in [0.15, 0.2) is 5.96 Å². The van der Waals surface area contributed by atoms with Crippen molar-refractivity contribution >= 4 is 40.0 Å². The molecule has 0 aromatic heterocycles. The molecule has 2 aliphatic heterocycles. The lowest BCUT2D eigenvalue weighted by Gasteiger charge is -2.33. The maximum Gasteiger partial charge on any atom is 0.243 e. The first-order valence-electron chi connectivity index (χ1n) is 10.1. The number of guanidine groups is 1. The average Bonchev–Trinajstić information content (AvgIpc) is 2.70. The lowest BCUT2D eigenvalue weighted by Crippen LogP contribution is -2.45. The van der Waals surface area contributed by atoms with Crippen LogP contribution in [-0.4, -0.2) is 56.8 Å². The number of nitrogens with zero attached hydrogens (tertiary/aromatic N) is 3. The zero-order valence-electron chi connectivity index (χ0n) is 16.9. The fourth-order valence-electron chi connectivity index (χ4n) is 3.87. The Balaban J connectivity index is 0.00000280. The summed E-state index contributed by atoms with van der Waals surface area (Å²) >= 11 is 0. The fraction of sp³-hybridized carbons (Fsp3) is 0.650. The van der Waals surface area contributed by atoms with E-state index in [-0.39, 0.29) is 24.0 Å². The second-order valence-electron chi connectivity index (χ2n) is 7.64. The van der Waals surface area contributed by atoms with Crippen LogP contribution in [0.1, 0.15) is 44.6 Å². The summed E-state index contributed by atoms with van der Waals surface area (Å²) in [6.45, 7) is 5.98. The van der Waals surface area contributed by atoms with Crippen molar-refractivity contribution in [3.8, 4) is 0 Å². The maximum atomic E-state index is 13.1. The maximum absolute atomic E-state index is 13.1. The monoisotopic (exact) mass is 520 g/mol. The predicted octanol–water partition coefficient (Wildman–Crippen LogP) is 3.29. The lowest BCUT2D eigenvalue weighted by molar-refractivity contribution is 0.273. The highest BCUT2D eigenvalue weighted by Crippen LogP contribution is 2.23. The van der Waals surface area contributed by atoms with Crippen LogP contribution in [0.5, 0.6) is 0 Å². The normalized spacial score (nSPS) is 19.9. The van der Waals surface area contributed by atoms with E-state index in [9.17, 15) is 8.42 Å². The number of piperidine rings is 2. The molecule has 2 saturated heterocycles. The van der Waals surface area contributed by atoms with Crippen molar-refractivity contribution in [1.82, 2.24) is 14.5 Å². The minimum atomic E-state index is -3.44. The van der Waals surface area contributed by atoms with Gasteiger partial charge < -0.3 is 10.2 Å². The van der Waals surface area contributed by atoms with Crippen LogP contribution in [0.3, 0.4) is 0 Å². The fourth-order valence-corrected chi connectivity index (χ4v) is 5.61. The van der Waals surface area contributed by atoms with Gasteiger partial charge in [-0.1, -0.05) is 31.5 Å². The SMILES string of the molecule is CN=C(NCc1ccccc1S(=O)(=O)N1CCCCC1)N1CCC(C)CC1.I. The predicted molar refractivity (Wildman–Crippen MR) is 125 cm³/mol. The van der Waals surface area contributed by atoms with Crippen LogP contribution in [0.25, 0.3) is 0 Å². The average molecular weight is 520 g/mol. The number of halogens is 1. The minimum Gasteiger partial charge on any atom is -0.352 e. The summed E-state index contributed by atoms with van der Waals surface area (Å²) in [5, 5.41) is 3.38. The first-order chi connectivity index (χ1) is 13.0. The van der Waals surface area contributed by atoms with E-state index in [0.717, 1.165) is 49.8 Å². The molecule has 0 aliphatic carbocycles. The number of likely N-dealkylation sites (tertiary alicyclic amines) is 1. The molecule has 0 bridgehead atoms. The standard InChI is InChI=1S/C20H32N4O2S.HI/c1-17-10-14-23(15-11-17)20(21-2)22-16-18-8-4-5-9-19(18)27(25,26)24-12-6-3-7-13-24;/h4-5,8-9,17H,3,6-7,10-16H2,1-2H3,(H,21,22);1H. The first kappa shape index (κ1) is 23.4. The highest BCUT2D eigenvalue weighted by atomic mass is 127. The van der Waals surface area contributed by atoms with Crippen molar-refractivity contribution < 1.29 is 8.42 Å². The van der Waals surface area contributed by atoms with Gasteiger partial charge in [0, 0.05) is 39.8 Å². The Morgan fingerprint density at radius 3 is 2.39 bits per heavy atom. The van der Waals surface area contributed by atoms with Crippen LogP contribution in [0.2, 0.25) is 0 Å². The summed E-state index contributed by atoms with van der Waals surface area (Å²) in [6, 6.07) is 7.33. The number of aliphatic imine (C=N–C) groups is 1.